The van der Waals surface area contributed by atoms with Crippen molar-refractivity contribution in [3.05, 3.63) is 54.1 Å². The molecule has 42 heteroatoms. The number of carbonyl (C=O) groups excluding carboxylic acids is 1. The minimum absolute atomic E-state index is 0.0213. The highest BCUT2D eigenvalue weighted by atomic mass is 16.4. The molecule has 0 radical (unpaired) electrons. The number of hydrogen-bond donors (Lipinski definition) is 30. The molecule has 1 aromatic carbocycles. The molecule has 1 aromatic heterocycles. The van der Waals surface area contributed by atoms with Crippen LogP contribution in [0.4, 0.5) is 0 Å². The van der Waals surface area contributed by atoms with E-state index >= 15 is 0 Å². The van der Waals surface area contributed by atoms with Crippen molar-refractivity contribution in [1.82, 2.24) is 25.9 Å². The third kappa shape index (κ3) is 72.8. The number of nitrogens with zero attached hydrogens (tertiary/aromatic N) is 1. The van der Waals surface area contributed by atoms with Crippen molar-refractivity contribution in [1.29, 1.82) is 16.2 Å². The van der Waals surface area contributed by atoms with Crippen LogP contribution in [0, 0.1) is 22.1 Å². The average molecular weight is 1360 g/mol. The van der Waals surface area contributed by atoms with E-state index in [1.54, 1.807) is 6.20 Å². The Balaban J connectivity index is -0.000000182. The van der Waals surface area contributed by atoms with Gasteiger partial charge in [-0.05, 0) is 76.2 Å². The number of imidazole rings is 1. The normalized spacial score (nSPS) is 12.9. The van der Waals surface area contributed by atoms with Crippen molar-refractivity contribution < 1.29 is 104 Å². The van der Waals surface area contributed by atoms with E-state index in [0.717, 1.165) is 12.0 Å². The summed E-state index contributed by atoms with van der Waals surface area (Å²) in [5, 5.41) is 111. The minimum atomic E-state index is -1.17. The number of aromatic amines is 1. The maximum absolute atomic E-state index is 10.4. The Hall–Kier alpha value is -9.95. The maximum Gasteiger partial charge on any atom is 0.320 e. The van der Waals surface area contributed by atoms with E-state index in [-0.39, 0.29) is 55.9 Å². The van der Waals surface area contributed by atoms with Crippen LogP contribution in [-0.2, 0) is 65.6 Å². The summed E-state index contributed by atoms with van der Waals surface area (Å²) in [7, 11) is 0. The molecule has 43 N–H and O–H groups in total. The number of carbonyl (C=O) groups is 11. The Morgan fingerprint density at radius 2 is 0.766 bits per heavy atom. The van der Waals surface area contributed by atoms with Gasteiger partial charge in [-0.1, -0.05) is 50.6 Å². The Morgan fingerprint density at radius 1 is 0.457 bits per heavy atom. The molecule has 94 heavy (non-hydrogen) atoms. The lowest BCUT2D eigenvalue weighted by molar-refractivity contribution is -0.141. The van der Waals surface area contributed by atoms with Crippen molar-refractivity contribution in [3.8, 4) is 0 Å². The molecule has 0 aliphatic rings. The Morgan fingerprint density at radius 3 is 1.00 bits per heavy atom. The molecule has 2 rings (SSSR count). The number of rotatable bonds is 33. The summed E-state index contributed by atoms with van der Waals surface area (Å²) >= 11 is 0. The van der Waals surface area contributed by atoms with E-state index in [4.69, 9.17) is 142 Å². The smallest absolute Gasteiger partial charge is 0.320 e. The number of aliphatic carboxylic acids is 10. The van der Waals surface area contributed by atoms with Crippen molar-refractivity contribution in [3.63, 3.8) is 0 Å². The van der Waals surface area contributed by atoms with Crippen LogP contribution in [0.3, 0.4) is 0 Å². The molecular weight excluding hydrogens is 1250 g/mol. The molecular formula is C52H101N21O21. The SMILES string of the molecule is CC[C@H](C)[C@H](N)C(=O)O.C[C@H](N)C(=O)O.N=C(N)NCCC[C@H](N)C(=O)O.N=C(N)NCCC[C@H](N)C(=O)O.N=C(N)NCCC[C@H](N)C(=O)O.NC(=O)CC[C@H](N)C(=O)O.N[C@@H](CCC(=O)O)C(=O)O.N[C@@H](Cc1c[nH]cn1)C(=O)O.N[C@@H](Cc1ccccc1)C(=O)O. The van der Waals surface area contributed by atoms with Crippen molar-refractivity contribution in [2.45, 2.75) is 159 Å². The first-order valence-electron chi connectivity index (χ1n) is 27.9. The van der Waals surface area contributed by atoms with Crippen molar-refractivity contribution in [2.75, 3.05) is 19.6 Å². The average Bonchev–Trinajstić information content (AvgIpc) is 2.88. The Labute approximate surface area is 540 Å². The fourth-order valence-electron chi connectivity index (χ4n) is 5.00. The number of primary amides is 1. The molecule has 0 aliphatic carbocycles. The van der Waals surface area contributed by atoms with Crippen LogP contribution >= 0.6 is 0 Å². The molecule has 0 bridgehead atoms. The van der Waals surface area contributed by atoms with Crippen LogP contribution < -0.4 is 90.5 Å². The van der Waals surface area contributed by atoms with Gasteiger partial charge in [-0.25, -0.2) is 4.98 Å². The standard InChI is InChI=1S/C9H11NO2.3C6H14N4O2.C6H9N3O2.C6H13NO2.C5H10N2O3.C5H9NO4.C3H7NO2/c10-8(9(11)12)6-7-4-2-1-3-5-7;3*7-4(5(11)12)2-1-3-10-6(8)9;7-5(6(10)11)1-4-2-8-3-9-4;1-3-4(2)5(7)6(8)9;2*6-3(5(9)10)1-2-4(7)8;1-2(4)3(5)6/h1-5,8H,6,10H2,(H,11,12);3*4H,1-3,7H2,(H,11,12)(H4,8,9,10);2-3,5H,1,7H2,(H,8,9)(H,10,11);4-5H,3,7H2,1-2H3,(H,8,9);3H,1-2,6H2,(H2,7,8)(H,9,10);3H,1-2,6H2,(H,7,8)(H,9,10);2H,4H2,1H3,(H,5,6)/t8-;3*4-;5-;4-,5-;2*3-;2-/m000000000/s1. The first-order valence-corrected chi connectivity index (χ1v) is 27.9. The molecule has 2 aromatic rings. The first-order chi connectivity index (χ1) is 43.3. The fourth-order valence-corrected chi connectivity index (χ4v) is 5.00. The van der Waals surface area contributed by atoms with E-state index < -0.39 is 120 Å². The van der Waals surface area contributed by atoms with Crippen molar-refractivity contribution in [2.24, 2.45) is 80.5 Å². The van der Waals surface area contributed by atoms with Crippen LogP contribution in [0.25, 0.3) is 0 Å². The number of amides is 1. The number of hydrogen-bond acceptors (Lipinski definition) is 24. The third-order valence-electron chi connectivity index (χ3n) is 10.8. The van der Waals surface area contributed by atoms with Crippen molar-refractivity contribution >= 4 is 83.5 Å². The number of carboxylic acids is 10. The van der Waals surface area contributed by atoms with Gasteiger partial charge in [-0.3, -0.25) is 69.0 Å². The van der Waals surface area contributed by atoms with Gasteiger partial charge in [-0.15, -0.1) is 0 Å². The van der Waals surface area contributed by atoms with Crippen LogP contribution in [0.15, 0.2) is 42.9 Å². The molecule has 0 fully saturated rings. The lowest BCUT2D eigenvalue weighted by Gasteiger charge is -2.11. The number of nitrogens with two attached hydrogens (primary N) is 13. The van der Waals surface area contributed by atoms with Gasteiger partial charge in [0.05, 0.1) is 12.0 Å². The molecule has 0 unspecified atom stereocenters. The molecule has 540 valence electrons. The zero-order chi connectivity index (χ0) is 74.8. The zero-order valence-corrected chi connectivity index (χ0v) is 52.5. The minimum Gasteiger partial charge on any atom is -0.481 e. The highest BCUT2D eigenvalue weighted by Gasteiger charge is 2.18. The first kappa shape index (κ1) is 97.6. The molecule has 42 nitrogen and oxygen atoms in total. The maximum atomic E-state index is 10.4. The van der Waals surface area contributed by atoms with Crippen LogP contribution in [0.1, 0.15) is 103 Å². The molecule has 1 heterocycles. The van der Waals surface area contributed by atoms with Crippen LogP contribution in [0.5, 0.6) is 0 Å². The summed E-state index contributed by atoms with van der Waals surface area (Å²) in [6.07, 6.45) is 7.40. The van der Waals surface area contributed by atoms with Gasteiger partial charge in [0.2, 0.25) is 5.91 Å². The number of guanidine groups is 3. The number of benzene rings is 1. The number of aromatic nitrogens is 2. The Kier molecular flexibility index (Phi) is 63.0. The van der Waals surface area contributed by atoms with Crippen LogP contribution in [0.2, 0.25) is 0 Å². The quantitative estimate of drug-likeness (QED) is 0.0180. The number of nitrogens with one attached hydrogen (secondary N) is 7. The molecule has 0 saturated heterocycles. The zero-order valence-electron chi connectivity index (χ0n) is 52.5. The topological polar surface area (TPSA) is 865 Å². The largest absolute Gasteiger partial charge is 0.481 e. The molecule has 0 spiro atoms. The van der Waals surface area contributed by atoms with E-state index in [9.17, 15) is 52.7 Å². The van der Waals surface area contributed by atoms with Gasteiger partial charge >= 0.3 is 59.7 Å². The third-order valence-corrected chi connectivity index (χ3v) is 10.8. The molecule has 0 aliphatic heterocycles. The summed E-state index contributed by atoms with van der Waals surface area (Å²) in [5.74, 6) is -10.9. The van der Waals surface area contributed by atoms with Gasteiger partial charge in [0, 0.05) is 45.1 Å². The summed E-state index contributed by atoms with van der Waals surface area (Å²) < 4.78 is 0. The van der Waals surface area contributed by atoms with Crippen LogP contribution in [-0.4, -0.2) is 219 Å². The van der Waals surface area contributed by atoms with E-state index in [1.807, 2.05) is 44.2 Å². The van der Waals surface area contributed by atoms with Gasteiger partial charge in [0.25, 0.3) is 0 Å². The monoisotopic (exact) mass is 1360 g/mol. The summed E-state index contributed by atoms with van der Waals surface area (Å²) in [6.45, 7) is 6.62. The predicted octanol–water partition coefficient (Wildman–Crippen LogP) is -6.22. The molecule has 1 amide bonds. The van der Waals surface area contributed by atoms with Gasteiger partial charge < -0.3 is 147 Å². The highest BCUT2D eigenvalue weighted by molar-refractivity contribution is 5.78. The second-order valence-corrected chi connectivity index (χ2v) is 19.3. The summed E-state index contributed by atoms with van der Waals surface area (Å²) in [6, 6.07) is 1.75. The van der Waals surface area contributed by atoms with E-state index in [1.165, 1.54) is 13.3 Å². The predicted molar refractivity (Wildman–Crippen MR) is 341 cm³/mol. The van der Waals surface area contributed by atoms with E-state index in [0.29, 0.717) is 70.3 Å². The van der Waals surface area contributed by atoms with E-state index in [2.05, 4.69) is 25.9 Å². The molecule has 0 saturated carbocycles. The summed E-state index contributed by atoms with van der Waals surface area (Å²) in [4.78, 5) is 118. The number of carboxylic acid groups (broad SMARTS) is 10. The lowest BCUT2D eigenvalue weighted by Crippen LogP contribution is -2.36. The lowest BCUT2D eigenvalue weighted by atomic mass is 10.0. The second-order valence-electron chi connectivity index (χ2n) is 19.3. The second kappa shape index (κ2) is 60.6. The number of H-pyrrole nitrogens is 1. The fraction of sp³-hybridized carbons (Fsp3) is 0.558. The van der Waals surface area contributed by atoms with Gasteiger partial charge in [-0.2, -0.15) is 0 Å². The summed E-state index contributed by atoms with van der Waals surface area (Å²) in [5.41, 5.74) is 67.8. The van der Waals surface area contributed by atoms with Gasteiger partial charge in [0.15, 0.2) is 17.9 Å². The highest BCUT2D eigenvalue weighted by Crippen LogP contribution is 2.05. The molecule has 10 atom stereocenters. The van der Waals surface area contributed by atoms with Gasteiger partial charge in [0.1, 0.15) is 54.4 Å². The Bertz CT molecular complexity index is 2380.